The monoisotopic (exact) mass is 232 g/mol. The lowest BCUT2D eigenvalue weighted by molar-refractivity contribution is 0.112. The van der Waals surface area contributed by atoms with Crippen LogP contribution in [0.1, 0.15) is 10.4 Å². The fourth-order valence-corrected chi connectivity index (χ4v) is 1.66. The molecule has 1 aromatic heterocycles. The zero-order valence-electron chi connectivity index (χ0n) is 9.60. The van der Waals surface area contributed by atoms with Gasteiger partial charge in [0.25, 0.3) is 0 Å². The van der Waals surface area contributed by atoms with Crippen molar-refractivity contribution in [2.75, 3.05) is 14.2 Å². The average molecular weight is 232 g/mol. The molecule has 0 N–H and O–H groups in total. The van der Waals surface area contributed by atoms with Crippen molar-refractivity contribution in [3.8, 4) is 22.6 Å². The highest BCUT2D eigenvalue weighted by Crippen LogP contribution is 2.35. The van der Waals surface area contributed by atoms with E-state index in [-0.39, 0.29) is 0 Å². The molecule has 88 valence electrons. The second-order valence-corrected chi connectivity index (χ2v) is 3.42. The Hall–Kier alpha value is -2.23. The Morgan fingerprint density at radius 1 is 1.18 bits per heavy atom. The van der Waals surface area contributed by atoms with Gasteiger partial charge in [-0.05, 0) is 23.8 Å². The van der Waals surface area contributed by atoms with E-state index < -0.39 is 0 Å². The molecule has 2 rings (SSSR count). The van der Waals surface area contributed by atoms with Crippen molar-refractivity contribution in [1.82, 2.24) is 0 Å². The van der Waals surface area contributed by atoms with Crippen LogP contribution in [-0.2, 0) is 0 Å². The Kier molecular flexibility index (Phi) is 3.14. The Labute approximate surface area is 98.8 Å². The number of furan rings is 1. The van der Waals surface area contributed by atoms with Crippen LogP contribution in [0.2, 0.25) is 0 Å². The SMILES string of the molecule is COc1cc(C=O)c(-c2ccoc2)cc1OC. The van der Waals surface area contributed by atoms with Crippen LogP contribution in [0.4, 0.5) is 0 Å². The van der Waals surface area contributed by atoms with E-state index in [2.05, 4.69) is 0 Å². The molecule has 0 bridgehead atoms. The number of ether oxygens (including phenoxy) is 2. The van der Waals surface area contributed by atoms with Crippen LogP contribution >= 0.6 is 0 Å². The molecule has 2 aromatic rings. The summed E-state index contributed by atoms with van der Waals surface area (Å²) in [5.74, 6) is 1.11. The van der Waals surface area contributed by atoms with Crippen LogP contribution in [-0.4, -0.2) is 20.5 Å². The minimum atomic E-state index is 0.529. The minimum Gasteiger partial charge on any atom is -0.493 e. The third-order valence-corrected chi connectivity index (χ3v) is 2.51. The maximum Gasteiger partial charge on any atom is 0.161 e. The summed E-state index contributed by atoms with van der Waals surface area (Å²) in [5, 5.41) is 0. The van der Waals surface area contributed by atoms with E-state index in [4.69, 9.17) is 13.9 Å². The first kappa shape index (κ1) is 11.3. The van der Waals surface area contributed by atoms with E-state index in [9.17, 15) is 4.79 Å². The van der Waals surface area contributed by atoms with E-state index >= 15 is 0 Å². The van der Waals surface area contributed by atoms with Gasteiger partial charge in [0, 0.05) is 11.1 Å². The largest absolute Gasteiger partial charge is 0.493 e. The van der Waals surface area contributed by atoms with Gasteiger partial charge in [-0.15, -0.1) is 0 Å². The van der Waals surface area contributed by atoms with Gasteiger partial charge in [-0.2, -0.15) is 0 Å². The van der Waals surface area contributed by atoms with Gasteiger partial charge >= 0.3 is 0 Å². The predicted octanol–water partition coefficient (Wildman–Crippen LogP) is 2.78. The highest BCUT2D eigenvalue weighted by atomic mass is 16.5. The molecule has 0 saturated carbocycles. The summed E-state index contributed by atoms with van der Waals surface area (Å²) in [4.78, 5) is 11.1. The smallest absolute Gasteiger partial charge is 0.161 e. The molecule has 0 fully saturated rings. The van der Waals surface area contributed by atoms with Gasteiger partial charge in [0.05, 0.1) is 26.7 Å². The van der Waals surface area contributed by atoms with Gasteiger partial charge in [-0.25, -0.2) is 0 Å². The molecule has 0 atom stereocenters. The topological polar surface area (TPSA) is 48.7 Å². The molecular weight excluding hydrogens is 220 g/mol. The first-order valence-corrected chi connectivity index (χ1v) is 5.04. The molecule has 0 aliphatic rings. The number of hydrogen-bond acceptors (Lipinski definition) is 4. The summed E-state index contributed by atoms with van der Waals surface area (Å²) in [5.41, 5.74) is 2.11. The fourth-order valence-electron chi connectivity index (χ4n) is 1.66. The molecule has 17 heavy (non-hydrogen) atoms. The van der Waals surface area contributed by atoms with E-state index in [1.54, 1.807) is 37.8 Å². The molecule has 0 aliphatic carbocycles. The second kappa shape index (κ2) is 4.74. The number of carbonyl (C=O) groups is 1. The molecular formula is C13H12O4. The van der Waals surface area contributed by atoms with Gasteiger partial charge in [0.2, 0.25) is 0 Å². The lowest BCUT2D eigenvalue weighted by Gasteiger charge is -2.11. The van der Waals surface area contributed by atoms with Gasteiger partial charge < -0.3 is 13.9 Å². The molecule has 1 heterocycles. The molecule has 4 heteroatoms. The van der Waals surface area contributed by atoms with Gasteiger partial charge in [-0.3, -0.25) is 4.79 Å². The Morgan fingerprint density at radius 3 is 2.41 bits per heavy atom. The summed E-state index contributed by atoms with van der Waals surface area (Å²) >= 11 is 0. The molecule has 1 aromatic carbocycles. The Bertz CT molecular complexity index is 514. The highest BCUT2D eigenvalue weighted by molar-refractivity contribution is 5.89. The number of carbonyl (C=O) groups excluding carboxylic acids is 1. The summed E-state index contributed by atoms with van der Waals surface area (Å²) in [6.07, 6.45) is 3.92. The van der Waals surface area contributed by atoms with Gasteiger partial charge in [0.15, 0.2) is 17.8 Å². The van der Waals surface area contributed by atoms with Crippen LogP contribution in [0, 0.1) is 0 Å². The molecule has 0 spiro atoms. The molecule has 0 aliphatic heterocycles. The van der Waals surface area contributed by atoms with Crippen molar-refractivity contribution in [1.29, 1.82) is 0 Å². The zero-order valence-corrected chi connectivity index (χ0v) is 9.60. The van der Waals surface area contributed by atoms with Crippen molar-refractivity contribution in [2.45, 2.75) is 0 Å². The molecule has 4 nitrogen and oxygen atoms in total. The van der Waals surface area contributed by atoms with E-state index in [0.717, 1.165) is 17.4 Å². The number of benzene rings is 1. The summed E-state index contributed by atoms with van der Waals surface area (Å²) in [6, 6.07) is 5.19. The highest BCUT2D eigenvalue weighted by Gasteiger charge is 2.12. The molecule has 0 unspecified atom stereocenters. The van der Waals surface area contributed by atoms with Crippen LogP contribution in [0.3, 0.4) is 0 Å². The number of methoxy groups -OCH3 is 2. The Balaban J connectivity index is 2.62. The third-order valence-electron chi connectivity index (χ3n) is 2.51. The van der Waals surface area contributed by atoms with E-state index in [0.29, 0.717) is 17.1 Å². The van der Waals surface area contributed by atoms with Crippen LogP contribution in [0.15, 0.2) is 35.1 Å². The van der Waals surface area contributed by atoms with Crippen molar-refractivity contribution in [3.63, 3.8) is 0 Å². The lowest BCUT2D eigenvalue weighted by atomic mass is 10.0. The number of rotatable bonds is 4. The maximum atomic E-state index is 11.1. The number of aldehydes is 1. The number of hydrogen-bond donors (Lipinski definition) is 0. The van der Waals surface area contributed by atoms with Crippen LogP contribution < -0.4 is 9.47 Å². The van der Waals surface area contributed by atoms with Crippen molar-refractivity contribution >= 4 is 6.29 Å². The minimum absolute atomic E-state index is 0.529. The first-order chi connectivity index (χ1) is 8.30. The molecule has 0 radical (unpaired) electrons. The first-order valence-electron chi connectivity index (χ1n) is 5.04. The van der Waals surface area contributed by atoms with Gasteiger partial charge in [0.1, 0.15) is 0 Å². The van der Waals surface area contributed by atoms with Crippen molar-refractivity contribution in [2.24, 2.45) is 0 Å². The second-order valence-electron chi connectivity index (χ2n) is 3.42. The normalized spacial score (nSPS) is 10.0. The van der Waals surface area contributed by atoms with Crippen molar-refractivity contribution in [3.05, 3.63) is 36.3 Å². The van der Waals surface area contributed by atoms with Crippen LogP contribution in [0.5, 0.6) is 11.5 Å². The molecule has 0 saturated heterocycles. The fraction of sp³-hybridized carbons (Fsp3) is 0.154. The average Bonchev–Trinajstić information content (AvgIpc) is 2.90. The summed E-state index contributed by atoms with van der Waals surface area (Å²) in [6.45, 7) is 0. The predicted molar refractivity (Wildman–Crippen MR) is 62.6 cm³/mol. The standard InChI is InChI=1S/C13H12O4/c1-15-12-5-10(7-14)11(6-13(12)16-2)9-3-4-17-8-9/h3-8H,1-2H3. The van der Waals surface area contributed by atoms with Crippen LogP contribution in [0.25, 0.3) is 11.1 Å². The maximum absolute atomic E-state index is 11.1. The van der Waals surface area contributed by atoms with Gasteiger partial charge in [-0.1, -0.05) is 0 Å². The lowest BCUT2D eigenvalue weighted by Crippen LogP contribution is -1.94. The quantitative estimate of drug-likeness (QED) is 0.760. The summed E-state index contributed by atoms with van der Waals surface area (Å²) in [7, 11) is 3.08. The summed E-state index contributed by atoms with van der Waals surface area (Å²) < 4.78 is 15.4. The molecule has 0 amide bonds. The van der Waals surface area contributed by atoms with E-state index in [1.807, 2.05) is 0 Å². The zero-order chi connectivity index (χ0) is 12.3. The van der Waals surface area contributed by atoms with E-state index in [1.165, 1.54) is 7.11 Å². The third kappa shape index (κ3) is 2.01. The Morgan fingerprint density at radius 2 is 1.88 bits per heavy atom. The van der Waals surface area contributed by atoms with Crippen molar-refractivity contribution < 1.29 is 18.7 Å².